The van der Waals surface area contributed by atoms with Crippen molar-refractivity contribution in [1.29, 1.82) is 0 Å². The first-order valence-corrected chi connectivity index (χ1v) is 8.88. The van der Waals surface area contributed by atoms with E-state index in [1.54, 1.807) is 19.1 Å². The van der Waals surface area contributed by atoms with Gasteiger partial charge in [-0.3, -0.25) is 9.59 Å². The molecule has 24 heavy (non-hydrogen) atoms. The second-order valence-electron chi connectivity index (χ2n) is 5.70. The topological polar surface area (TPSA) is 67.9 Å². The molecule has 132 valence electrons. The summed E-state index contributed by atoms with van der Waals surface area (Å²) in [5.41, 5.74) is 2.00. The lowest BCUT2D eigenvalue weighted by Crippen LogP contribution is -2.32. The number of rotatable bonds is 7. The molecule has 1 atom stereocenters. The first-order valence-electron chi connectivity index (χ1n) is 7.89. The van der Waals surface area contributed by atoms with E-state index in [0.717, 1.165) is 23.4 Å². The number of carbonyl (C=O) groups is 2. The molecule has 6 nitrogen and oxygen atoms in total. The Labute approximate surface area is 146 Å². The van der Waals surface area contributed by atoms with Gasteiger partial charge in [-0.15, -0.1) is 0 Å². The molecule has 2 amide bonds. The lowest BCUT2D eigenvalue weighted by Gasteiger charge is -2.20. The summed E-state index contributed by atoms with van der Waals surface area (Å²) in [7, 11) is 3.19. The van der Waals surface area contributed by atoms with Crippen molar-refractivity contribution in [3.05, 3.63) is 23.3 Å². The molecule has 0 aromatic heterocycles. The van der Waals surface area contributed by atoms with Crippen LogP contribution < -0.4 is 14.8 Å². The van der Waals surface area contributed by atoms with E-state index in [9.17, 15) is 9.59 Å². The normalized spacial score (nSPS) is 15.3. The fraction of sp³-hybridized carbons (Fsp3) is 0.529. The molecule has 7 heteroatoms. The van der Waals surface area contributed by atoms with E-state index in [0.29, 0.717) is 24.5 Å². The molecular weight excluding hydrogens is 328 g/mol. The maximum atomic E-state index is 12.2. The molecule has 1 unspecified atom stereocenters. The Morgan fingerprint density at radius 1 is 1.33 bits per heavy atom. The van der Waals surface area contributed by atoms with Crippen LogP contribution in [-0.2, 0) is 4.79 Å². The van der Waals surface area contributed by atoms with Gasteiger partial charge in [-0.1, -0.05) is 11.8 Å². The summed E-state index contributed by atoms with van der Waals surface area (Å²) in [5, 5.41) is 3.05. The van der Waals surface area contributed by atoms with E-state index in [1.165, 1.54) is 11.8 Å². The van der Waals surface area contributed by atoms with Gasteiger partial charge in [0.25, 0.3) is 5.24 Å². The lowest BCUT2D eigenvalue weighted by molar-refractivity contribution is -0.121. The molecule has 1 saturated heterocycles. The highest BCUT2D eigenvalue weighted by Gasteiger charge is 2.22. The van der Waals surface area contributed by atoms with Crippen molar-refractivity contribution in [2.24, 2.45) is 0 Å². The van der Waals surface area contributed by atoms with Gasteiger partial charge in [0.2, 0.25) is 5.91 Å². The molecule has 1 aromatic rings. The Bertz CT molecular complexity index is 621. The highest BCUT2D eigenvalue weighted by Crippen LogP contribution is 2.32. The zero-order valence-electron chi connectivity index (χ0n) is 14.5. The van der Waals surface area contributed by atoms with Gasteiger partial charge in [0.15, 0.2) is 11.5 Å². The van der Waals surface area contributed by atoms with E-state index < -0.39 is 0 Å². The number of hydrogen-bond donors (Lipinski definition) is 1. The van der Waals surface area contributed by atoms with Crippen LogP contribution in [0.3, 0.4) is 0 Å². The molecule has 0 bridgehead atoms. The summed E-state index contributed by atoms with van der Waals surface area (Å²) in [5.74, 6) is 2.05. The van der Waals surface area contributed by atoms with Crippen molar-refractivity contribution in [1.82, 2.24) is 10.2 Å². The van der Waals surface area contributed by atoms with E-state index in [-0.39, 0.29) is 17.2 Å². The summed E-state index contributed by atoms with van der Waals surface area (Å²) in [6.45, 7) is 5.10. The number of amides is 2. The minimum atomic E-state index is -0.152. The molecule has 1 heterocycles. The lowest BCUT2D eigenvalue weighted by atomic mass is 10.0. The van der Waals surface area contributed by atoms with Crippen molar-refractivity contribution in [2.45, 2.75) is 26.3 Å². The molecule has 1 aromatic carbocycles. The molecule has 0 aliphatic carbocycles. The number of carbonyl (C=O) groups excluding carboxylic acids is 2. The summed E-state index contributed by atoms with van der Waals surface area (Å²) in [4.78, 5) is 25.4. The Hall–Kier alpha value is -1.89. The fourth-order valence-corrected chi connectivity index (χ4v) is 3.57. The van der Waals surface area contributed by atoms with Crippen molar-refractivity contribution < 1.29 is 19.1 Å². The summed E-state index contributed by atoms with van der Waals surface area (Å²) < 4.78 is 10.6. The van der Waals surface area contributed by atoms with Crippen LogP contribution in [0.5, 0.6) is 11.5 Å². The Balaban J connectivity index is 1.97. The van der Waals surface area contributed by atoms with Gasteiger partial charge < -0.3 is 19.7 Å². The third kappa shape index (κ3) is 4.35. The highest BCUT2D eigenvalue weighted by atomic mass is 32.2. The van der Waals surface area contributed by atoms with Crippen LogP contribution in [0, 0.1) is 6.92 Å². The van der Waals surface area contributed by atoms with Crippen LogP contribution in [0.1, 0.15) is 30.5 Å². The standard InChI is InChI=1S/C17H24N2O4S/c1-11-9-14(22-3)15(23-4)10-13(11)12(2)18-16(20)5-6-19-7-8-24-17(19)21/h9-10,12H,5-8H2,1-4H3,(H,18,20). The van der Waals surface area contributed by atoms with Crippen LogP contribution in [0.15, 0.2) is 12.1 Å². The smallest absolute Gasteiger partial charge is 0.281 e. The zero-order chi connectivity index (χ0) is 17.7. The molecule has 0 saturated carbocycles. The minimum Gasteiger partial charge on any atom is -0.493 e. The first-order chi connectivity index (χ1) is 11.5. The van der Waals surface area contributed by atoms with Gasteiger partial charge in [-0.05, 0) is 37.1 Å². The monoisotopic (exact) mass is 352 g/mol. The fourth-order valence-electron chi connectivity index (χ4n) is 2.72. The van der Waals surface area contributed by atoms with Crippen molar-refractivity contribution >= 4 is 22.9 Å². The second-order valence-corrected chi connectivity index (χ2v) is 6.75. The SMILES string of the molecule is COc1cc(C)c(C(C)NC(=O)CCN2CCSC2=O)cc1OC. The van der Waals surface area contributed by atoms with Crippen LogP contribution in [0.25, 0.3) is 0 Å². The maximum Gasteiger partial charge on any atom is 0.281 e. The van der Waals surface area contributed by atoms with E-state index in [2.05, 4.69) is 5.32 Å². The van der Waals surface area contributed by atoms with Gasteiger partial charge in [-0.25, -0.2) is 0 Å². The predicted octanol–water partition coefficient (Wildman–Crippen LogP) is 2.75. The van der Waals surface area contributed by atoms with E-state index in [4.69, 9.17) is 9.47 Å². The largest absolute Gasteiger partial charge is 0.493 e. The number of aryl methyl sites for hydroxylation is 1. The quantitative estimate of drug-likeness (QED) is 0.817. The minimum absolute atomic E-state index is 0.0617. The van der Waals surface area contributed by atoms with Gasteiger partial charge >= 0.3 is 0 Å². The number of methoxy groups -OCH3 is 2. The highest BCUT2D eigenvalue weighted by molar-refractivity contribution is 8.13. The van der Waals surface area contributed by atoms with Crippen molar-refractivity contribution in [3.8, 4) is 11.5 Å². The average molecular weight is 352 g/mol. The number of thioether (sulfide) groups is 1. The summed E-state index contributed by atoms with van der Waals surface area (Å²) in [6, 6.07) is 3.64. The van der Waals surface area contributed by atoms with Crippen LogP contribution in [0.4, 0.5) is 4.79 Å². The molecule has 0 spiro atoms. The maximum absolute atomic E-state index is 12.2. The van der Waals surface area contributed by atoms with Crippen LogP contribution >= 0.6 is 11.8 Å². The Morgan fingerprint density at radius 3 is 2.58 bits per heavy atom. The first kappa shape index (κ1) is 18.4. The van der Waals surface area contributed by atoms with E-state index >= 15 is 0 Å². The van der Waals surface area contributed by atoms with E-state index in [1.807, 2.05) is 26.0 Å². The zero-order valence-corrected chi connectivity index (χ0v) is 15.4. The number of ether oxygens (including phenoxy) is 2. The predicted molar refractivity (Wildman–Crippen MR) is 94.9 cm³/mol. The van der Waals surface area contributed by atoms with Crippen molar-refractivity contribution in [2.75, 3.05) is 33.1 Å². The molecule has 0 radical (unpaired) electrons. The molecule has 1 aliphatic rings. The van der Waals surface area contributed by atoms with Crippen molar-refractivity contribution in [3.63, 3.8) is 0 Å². The molecule has 2 rings (SSSR count). The molecule has 1 aliphatic heterocycles. The third-order valence-electron chi connectivity index (χ3n) is 4.07. The summed E-state index contributed by atoms with van der Waals surface area (Å²) >= 11 is 1.31. The van der Waals surface area contributed by atoms with Crippen LogP contribution in [-0.4, -0.2) is 49.1 Å². The number of nitrogens with one attached hydrogen (secondary N) is 1. The molecular formula is C17H24N2O4S. The Morgan fingerprint density at radius 2 is 2.00 bits per heavy atom. The van der Waals surface area contributed by atoms with Gasteiger partial charge in [0.1, 0.15) is 0 Å². The number of hydrogen-bond acceptors (Lipinski definition) is 5. The Kier molecular flexibility index (Phi) is 6.36. The number of nitrogens with zero attached hydrogens (tertiary/aromatic N) is 1. The van der Waals surface area contributed by atoms with Gasteiger partial charge in [0, 0.05) is 25.3 Å². The van der Waals surface area contributed by atoms with Gasteiger partial charge in [-0.2, -0.15) is 0 Å². The molecule has 1 N–H and O–H groups in total. The third-order valence-corrected chi connectivity index (χ3v) is 4.96. The van der Waals surface area contributed by atoms with Crippen LogP contribution in [0.2, 0.25) is 0 Å². The van der Waals surface area contributed by atoms with Gasteiger partial charge in [0.05, 0.1) is 20.3 Å². The summed E-state index contributed by atoms with van der Waals surface area (Å²) in [6.07, 6.45) is 0.309. The number of benzene rings is 1. The molecule has 1 fully saturated rings. The average Bonchev–Trinajstić information content (AvgIpc) is 2.97. The second kappa shape index (κ2) is 8.28.